The summed E-state index contributed by atoms with van der Waals surface area (Å²) in [6, 6.07) is 3.54. The number of ether oxygens (including phenoxy) is 1. The van der Waals surface area contributed by atoms with Crippen LogP contribution in [0.2, 0.25) is 0 Å². The fraction of sp³-hybridized carbons (Fsp3) is 0.588. The van der Waals surface area contributed by atoms with E-state index >= 15 is 0 Å². The number of hydrogen-bond donors (Lipinski definition) is 0. The van der Waals surface area contributed by atoms with Gasteiger partial charge in [-0.2, -0.15) is 0 Å². The van der Waals surface area contributed by atoms with Crippen LogP contribution >= 0.6 is 31.9 Å². The Bertz CT molecular complexity index is 728. The molecular weight excluding hydrogens is 474 g/mol. The standard InChI is InChI=1S/C17H23Br2NO4S/c1-4-12(3)20(13-5-6-25(22,23)10-13)16(21)9-24-17-14(18)7-11(2)8-15(17)19/h7-8,12-13H,4-6,9-10H2,1-3H3/t12-,13-/m0/s1. The molecule has 1 saturated heterocycles. The third kappa shape index (κ3) is 5.20. The van der Waals surface area contributed by atoms with Crippen molar-refractivity contribution in [2.75, 3.05) is 18.1 Å². The van der Waals surface area contributed by atoms with Crippen LogP contribution in [-0.4, -0.2) is 49.4 Å². The fourth-order valence-corrected chi connectivity index (χ4v) is 6.39. The van der Waals surface area contributed by atoms with E-state index in [0.29, 0.717) is 12.2 Å². The molecule has 1 aromatic rings. The Morgan fingerprint density at radius 1 is 1.36 bits per heavy atom. The van der Waals surface area contributed by atoms with E-state index in [9.17, 15) is 13.2 Å². The highest BCUT2D eigenvalue weighted by molar-refractivity contribution is 9.11. The lowest BCUT2D eigenvalue weighted by atomic mass is 10.1. The summed E-state index contributed by atoms with van der Waals surface area (Å²) in [5.41, 5.74) is 1.06. The van der Waals surface area contributed by atoms with Gasteiger partial charge in [0.15, 0.2) is 16.4 Å². The molecule has 0 N–H and O–H groups in total. The maximum atomic E-state index is 12.8. The van der Waals surface area contributed by atoms with Crippen LogP contribution in [0.25, 0.3) is 0 Å². The van der Waals surface area contributed by atoms with Crippen LogP contribution in [0.1, 0.15) is 32.3 Å². The first-order valence-electron chi connectivity index (χ1n) is 8.24. The Morgan fingerprint density at radius 2 is 1.96 bits per heavy atom. The zero-order chi connectivity index (χ0) is 18.8. The van der Waals surface area contributed by atoms with Gasteiger partial charge in [-0.15, -0.1) is 0 Å². The smallest absolute Gasteiger partial charge is 0.261 e. The van der Waals surface area contributed by atoms with E-state index in [1.807, 2.05) is 32.9 Å². The maximum Gasteiger partial charge on any atom is 0.261 e. The van der Waals surface area contributed by atoms with Crippen molar-refractivity contribution in [2.45, 2.75) is 45.7 Å². The van der Waals surface area contributed by atoms with E-state index in [4.69, 9.17) is 4.74 Å². The van der Waals surface area contributed by atoms with E-state index < -0.39 is 9.84 Å². The fourth-order valence-electron chi connectivity index (χ4n) is 3.03. The summed E-state index contributed by atoms with van der Waals surface area (Å²) in [5.74, 6) is 0.576. The second-order valence-corrected chi connectivity index (χ2v) is 10.4. The quantitative estimate of drug-likeness (QED) is 0.602. The lowest BCUT2D eigenvalue weighted by Gasteiger charge is -2.33. The Labute approximate surface area is 166 Å². The number of amides is 1. The number of aryl methyl sites for hydroxylation is 1. The van der Waals surface area contributed by atoms with E-state index in [0.717, 1.165) is 20.9 Å². The number of rotatable bonds is 6. The molecule has 1 heterocycles. The molecule has 2 rings (SSSR count). The molecule has 0 spiro atoms. The second kappa shape index (κ2) is 8.39. The van der Waals surface area contributed by atoms with Crippen LogP contribution in [0, 0.1) is 6.92 Å². The van der Waals surface area contributed by atoms with Gasteiger partial charge in [0.25, 0.3) is 5.91 Å². The zero-order valence-corrected chi connectivity index (χ0v) is 18.6. The molecule has 2 atom stereocenters. The van der Waals surface area contributed by atoms with Gasteiger partial charge in [-0.25, -0.2) is 8.42 Å². The van der Waals surface area contributed by atoms with E-state index in [2.05, 4.69) is 31.9 Å². The SMILES string of the molecule is CC[C@H](C)N(C(=O)COc1c(Br)cc(C)cc1Br)[C@H]1CCS(=O)(=O)C1. The predicted molar refractivity (Wildman–Crippen MR) is 106 cm³/mol. The summed E-state index contributed by atoms with van der Waals surface area (Å²) in [4.78, 5) is 14.5. The first-order valence-corrected chi connectivity index (χ1v) is 11.7. The Balaban J connectivity index is 2.13. The van der Waals surface area contributed by atoms with Crippen LogP contribution < -0.4 is 4.74 Å². The molecule has 1 aliphatic heterocycles. The normalized spacial score (nSPS) is 20.3. The number of carbonyl (C=O) groups excluding carboxylic acids is 1. The summed E-state index contributed by atoms with van der Waals surface area (Å²) in [5, 5.41) is 0. The molecule has 140 valence electrons. The average molecular weight is 497 g/mol. The number of halogens is 2. The van der Waals surface area contributed by atoms with Gasteiger partial charge in [-0.1, -0.05) is 6.92 Å². The van der Waals surface area contributed by atoms with Crippen LogP contribution in [0.15, 0.2) is 21.1 Å². The molecular formula is C17H23Br2NO4S. The van der Waals surface area contributed by atoms with Crippen LogP contribution in [0.4, 0.5) is 0 Å². The maximum absolute atomic E-state index is 12.8. The molecule has 0 bridgehead atoms. The number of carbonyl (C=O) groups is 1. The molecule has 25 heavy (non-hydrogen) atoms. The minimum absolute atomic E-state index is 0.0284. The largest absolute Gasteiger partial charge is 0.481 e. The van der Waals surface area contributed by atoms with Crippen LogP contribution in [0.3, 0.4) is 0 Å². The van der Waals surface area contributed by atoms with Crippen molar-refractivity contribution in [2.24, 2.45) is 0 Å². The number of hydrogen-bond acceptors (Lipinski definition) is 4. The Morgan fingerprint density at radius 3 is 2.44 bits per heavy atom. The van der Waals surface area contributed by atoms with E-state index in [1.165, 1.54) is 0 Å². The van der Waals surface area contributed by atoms with Gasteiger partial charge in [0.2, 0.25) is 0 Å². The van der Waals surface area contributed by atoms with E-state index in [-0.39, 0.29) is 36.1 Å². The molecule has 1 aromatic carbocycles. The molecule has 5 nitrogen and oxygen atoms in total. The zero-order valence-electron chi connectivity index (χ0n) is 14.6. The Kier molecular flexibility index (Phi) is 6.95. The highest BCUT2D eigenvalue weighted by Gasteiger charge is 2.36. The van der Waals surface area contributed by atoms with Gasteiger partial charge < -0.3 is 9.64 Å². The lowest BCUT2D eigenvalue weighted by Crippen LogP contribution is -2.48. The summed E-state index contributed by atoms with van der Waals surface area (Å²) in [6.45, 7) is 5.78. The minimum Gasteiger partial charge on any atom is -0.481 e. The van der Waals surface area contributed by atoms with Crippen molar-refractivity contribution in [3.05, 3.63) is 26.6 Å². The van der Waals surface area contributed by atoms with Crippen LogP contribution in [-0.2, 0) is 14.6 Å². The molecule has 1 fully saturated rings. The molecule has 1 amide bonds. The highest BCUT2D eigenvalue weighted by Crippen LogP contribution is 2.34. The molecule has 0 aromatic heterocycles. The number of benzene rings is 1. The van der Waals surface area contributed by atoms with Gasteiger partial charge in [-0.3, -0.25) is 4.79 Å². The van der Waals surface area contributed by atoms with Crippen molar-refractivity contribution in [1.82, 2.24) is 4.90 Å². The summed E-state index contributed by atoms with van der Waals surface area (Å²) < 4.78 is 30.9. The van der Waals surface area contributed by atoms with Crippen molar-refractivity contribution >= 4 is 47.6 Å². The number of nitrogens with zero attached hydrogens (tertiary/aromatic N) is 1. The average Bonchev–Trinajstić information content (AvgIpc) is 2.85. The summed E-state index contributed by atoms with van der Waals surface area (Å²) >= 11 is 6.90. The van der Waals surface area contributed by atoms with Crippen molar-refractivity contribution < 1.29 is 17.9 Å². The lowest BCUT2D eigenvalue weighted by molar-refractivity contribution is -0.137. The van der Waals surface area contributed by atoms with Crippen molar-refractivity contribution in [3.63, 3.8) is 0 Å². The first-order chi connectivity index (χ1) is 11.6. The second-order valence-electron chi connectivity index (χ2n) is 6.46. The highest BCUT2D eigenvalue weighted by atomic mass is 79.9. The molecule has 0 radical (unpaired) electrons. The number of sulfone groups is 1. The third-order valence-electron chi connectivity index (χ3n) is 4.44. The van der Waals surface area contributed by atoms with Gasteiger partial charge in [0.05, 0.1) is 20.5 Å². The molecule has 1 aliphatic rings. The molecule has 0 saturated carbocycles. The summed E-state index contributed by atoms with van der Waals surface area (Å²) in [7, 11) is -3.05. The van der Waals surface area contributed by atoms with E-state index in [1.54, 1.807) is 4.90 Å². The third-order valence-corrected chi connectivity index (χ3v) is 7.37. The van der Waals surface area contributed by atoms with Crippen molar-refractivity contribution in [3.8, 4) is 5.75 Å². The van der Waals surface area contributed by atoms with Crippen molar-refractivity contribution in [1.29, 1.82) is 0 Å². The molecule has 0 aliphatic carbocycles. The first kappa shape index (κ1) is 20.7. The van der Waals surface area contributed by atoms with Gasteiger partial charge in [0, 0.05) is 12.1 Å². The van der Waals surface area contributed by atoms with Crippen LogP contribution in [0.5, 0.6) is 5.75 Å². The predicted octanol–water partition coefficient (Wildman–Crippen LogP) is 3.71. The van der Waals surface area contributed by atoms with Gasteiger partial charge >= 0.3 is 0 Å². The summed E-state index contributed by atoms with van der Waals surface area (Å²) in [6.07, 6.45) is 1.26. The van der Waals surface area contributed by atoms with Gasteiger partial charge in [0.1, 0.15) is 5.75 Å². The van der Waals surface area contributed by atoms with Gasteiger partial charge in [-0.05, 0) is 76.2 Å². The molecule has 8 heteroatoms. The molecule has 0 unspecified atom stereocenters. The Hall–Kier alpha value is -0.600. The topological polar surface area (TPSA) is 63.7 Å². The monoisotopic (exact) mass is 495 g/mol. The minimum atomic E-state index is -3.05.